The van der Waals surface area contributed by atoms with Crippen molar-refractivity contribution in [2.45, 2.75) is 57.8 Å². The smallest absolute Gasteiger partial charge is 0.418 e. The van der Waals surface area contributed by atoms with Crippen LogP contribution in [-0.2, 0) is 10.8 Å². The predicted octanol–water partition coefficient (Wildman–Crippen LogP) is 11.8. The first kappa shape index (κ1) is 33.8. The maximum Gasteiger partial charge on any atom is 0.673 e. The molecule has 4 aromatic carbocycles. The fourth-order valence-electron chi connectivity index (χ4n) is 7.95. The zero-order valence-corrected chi connectivity index (χ0v) is 29.0. The van der Waals surface area contributed by atoms with Crippen molar-refractivity contribution in [3.05, 3.63) is 130 Å². The molecule has 0 unspecified atom stereocenters. The topological polar surface area (TPSA) is 6.25 Å². The summed E-state index contributed by atoms with van der Waals surface area (Å²) < 4.78 is 41.4. The van der Waals surface area contributed by atoms with Crippen molar-refractivity contribution in [2.24, 2.45) is 0 Å². The summed E-state index contributed by atoms with van der Waals surface area (Å²) in [5.41, 5.74) is 10.2. The summed E-state index contributed by atoms with van der Waals surface area (Å²) in [6.45, 7) is 9.38. The Kier molecular flexibility index (Phi) is 8.74. The van der Waals surface area contributed by atoms with Gasteiger partial charge in [0.15, 0.2) is 5.71 Å². The molecule has 48 heavy (non-hydrogen) atoms. The van der Waals surface area contributed by atoms with Crippen molar-refractivity contribution >= 4 is 57.5 Å². The van der Waals surface area contributed by atoms with E-state index in [-0.39, 0.29) is 10.8 Å². The SMILES string of the molecule is CN1C(=CC=C2CCCC(C=CC3=[N+](C)c4ccc5ccccc5c4C3(C)C)=C2Cl)C(C)(C)c2c1ccc1ccccc21.F[B-](F)(F)F. The van der Waals surface area contributed by atoms with Gasteiger partial charge >= 0.3 is 7.25 Å². The molecule has 0 saturated heterocycles. The standard InChI is InChI=1S/C40H40ClN2.BF4/c1-39(2)34(42(5)32-22-18-26-12-7-9-16-30(26)36(32)39)24-20-28-14-11-15-29(38(28)41)21-25-35-40(3,4)37-31-17-10-8-13-27(31)19-23-33(37)43(35)6;2-1(3,4)5/h7-10,12-13,16-25H,11,14-15H2,1-6H3;/q+1;-1. The Hall–Kier alpha value is -4.10. The minimum absolute atomic E-state index is 0.107. The Balaban J connectivity index is 0.000000749. The number of halogens is 5. The Labute approximate surface area is 285 Å². The van der Waals surface area contributed by atoms with Gasteiger partial charge in [-0.25, -0.2) is 0 Å². The number of rotatable bonds is 3. The lowest BCUT2D eigenvalue weighted by molar-refractivity contribution is -0.401. The van der Waals surface area contributed by atoms with E-state index >= 15 is 0 Å². The van der Waals surface area contributed by atoms with Gasteiger partial charge in [0.25, 0.3) is 0 Å². The normalized spacial score (nSPS) is 20.3. The van der Waals surface area contributed by atoms with Crippen molar-refractivity contribution < 1.29 is 21.8 Å². The zero-order chi connectivity index (χ0) is 34.6. The van der Waals surface area contributed by atoms with E-state index in [0.717, 1.165) is 24.3 Å². The molecular weight excluding hydrogens is 631 g/mol. The molecule has 0 fully saturated rings. The number of benzene rings is 4. The molecule has 8 heteroatoms. The first-order chi connectivity index (χ1) is 22.6. The van der Waals surface area contributed by atoms with E-state index in [2.05, 4.69) is 148 Å². The quantitative estimate of drug-likeness (QED) is 0.119. The van der Waals surface area contributed by atoms with E-state index in [1.165, 1.54) is 66.6 Å². The van der Waals surface area contributed by atoms with Crippen molar-refractivity contribution in [1.29, 1.82) is 0 Å². The van der Waals surface area contributed by atoms with Gasteiger partial charge in [-0.15, -0.1) is 0 Å². The highest BCUT2D eigenvalue weighted by atomic mass is 35.5. The third-order valence-corrected chi connectivity index (χ3v) is 10.6. The number of hydrogen-bond acceptors (Lipinski definition) is 1. The van der Waals surface area contributed by atoms with Gasteiger partial charge in [-0.2, -0.15) is 4.58 Å². The molecule has 0 bridgehead atoms. The second-order valence-electron chi connectivity index (χ2n) is 13.9. The first-order valence-corrected chi connectivity index (χ1v) is 16.7. The van der Waals surface area contributed by atoms with E-state index in [1.807, 2.05) is 0 Å². The highest BCUT2D eigenvalue weighted by Gasteiger charge is 2.44. The van der Waals surface area contributed by atoms with Gasteiger partial charge in [-0.05, 0) is 89.6 Å². The van der Waals surface area contributed by atoms with Crippen LogP contribution in [0, 0.1) is 0 Å². The Morgan fingerprint density at radius 1 is 0.750 bits per heavy atom. The van der Waals surface area contributed by atoms with Crippen LogP contribution in [0.4, 0.5) is 28.6 Å². The summed E-state index contributed by atoms with van der Waals surface area (Å²) in [4.78, 5) is 2.36. The van der Waals surface area contributed by atoms with E-state index in [0.29, 0.717) is 0 Å². The Morgan fingerprint density at radius 2 is 1.33 bits per heavy atom. The lowest BCUT2D eigenvalue weighted by atomic mass is 9.79. The zero-order valence-electron chi connectivity index (χ0n) is 28.2. The Morgan fingerprint density at radius 3 is 1.98 bits per heavy atom. The van der Waals surface area contributed by atoms with Crippen LogP contribution in [0.25, 0.3) is 21.5 Å². The molecule has 0 atom stereocenters. The summed E-state index contributed by atoms with van der Waals surface area (Å²) in [6.07, 6.45) is 12.3. The van der Waals surface area contributed by atoms with E-state index in [9.17, 15) is 17.3 Å². The molecule has 3 aliphatic rings. The maximum atomic E-state index is 9.75. The van der Waals surface area contributed by atoms with Gasteiger partial charge in [-0.1, -0.05) is 92.2 Å². The molecule has 248 valence electrons. The highest BCUT2D eigenvalue weighted by Crippen LogP contribution is 2.50. The number of allylic oxidation sites excluding steroid dienone is 8. The van der Waals surface area contributed by atoms with E-state index in [4.69, 9.17) is 11.6 Å². The molecule has 2 nitrogen and oxygen atoms in total. The summed E-state index contributed by atoms with van der Waals surface area (Å²) >= 11 is 7.16. The molecular formula is C40H40BClF4N2. The maximum absolute atomic E-state index is 9.75. The molecule has 0 amide bonds. The van der Waals surface area contributed by atoms with Crippen LogP contribution in [0.5, 0.6) is 0 Å². The molecule has 0 radical (unpaired) electrons. The third kappa shape index (κ3) is 6.02. The van der Waals surface area contributed by atoms with Crippen LogP contribution < -0.4 is 4.90 Å². The number of hydrogen-bond donors (Lipinski definition) is 0. The predicted molar refractivity (Wildman–Crippen MR) is 195 cm³/mol. The Bertz CT molecular complexity index is 2090. The van der Waals surface area contributed by atoms with E-state index < -0.39 is 7.25 Å². The molecule has 0 aromatic heterocycles. The minimum atomic E-state index is -6.00. The van der Waals surface area contributed by atoms with E-state index in [1.54, 1.807) is 0 Å². The second-order valence-corrected chi connectivity index (χ2v) is 14.3. The van der Waals surface area contributed by atoms with Crippen LogP contribution in [0.2, 0.25) is 0 Å². The van der Waals surface area contributed by atoms with Gasteiger partial charge in [0.1, 0.15) is 7.05 Å². The van der Waals surface area contributed by atoms with Crippen molar-refractivity contribution in [1.82, 2.24) is 0 Å². The molecule has 2 aliphatic heterocycles. The van der Waals surface area contributed by atoms with Crippen molar-refractivity contribution in [3.63, 3.8) is 0 Å². The minimum Gasteiger partial charge on any atom is -0.418 e. The molecule has 7 rings (SSSR count). The van der Waals surface area contributed by atoms with Gasteiger partial charge in [-0.3, -0.25) is 0 Å². The highest BCUT2D eigenvalue weighted by molar-refractivity contribution is 6.50. The first-order valence-electron chi connectivity index (χ1n) is 16.4. The lowest BCUT2D eigenvalue weighted by Crippen LogP contribution is -2.27. The molecule has 1 aliphatic carbocycles. The fraction of sp³-hybridized carbons (Fsp3) is 0.275. The van der Waals surface area contributed by atoms with Crippen LogP contribution in [0.15, 0.2) is 119 Å². The average molecular weight is 671 g/mol. The summed E-state index contributed by atoms with van der Waals surface area (Å²) in [7, 11) is -1.62. The van der Waals surface area contributed by atoms with Gasteiger partial charge in [0.2, 0.25) is 5.69 Å². The van der Waals surface area contributed by atoms with Crippen LogP contribution in [-0.4, -0.2) is 31.6 Å². The fourth-order valence-corrected chi connectivity index (χ4v) is 8.27. The molecule has 0 spiro atoms. The number of nitrogens with zero attached hydrogens (tertiary/aromatic N) is 2. The molecule has 0 saturated carbocycles. The van der Waals surface area contributed by atoms with Crippen LogP contribution in [0.1, 0.15) is 58.1 Å². The molecule has 4 aromatic rings. The third-order valence-electron chi connectivity index (χ3n) is 10.1. The van der Waals surface area contributed by atoms with Crippen LogP contribution in [0.3, 0.4) is 0 Å². The van der Waals surface area contributed by atoms with Gasteiger partial charge in [0, 0.05) is 46.6 Å². The molecule has 2 heterocycles. The summed E-state index contributed by atoms with van der Waals surface area (Å²) in [5.74, 6) is 0. The van der Waals surface area contributed by atoms with Crippen LogP contribution >= 0.6 is 11.6 Å². The summed E-state index contributed by atoms with van der Waals surface area (Å²) in [5, 5.41) is 6.17. The monoisotopic (exact) mass is 670 g/mol. The van der Waals surface area contributed by atoms with Crippen molar-refractivity contribution in [3.8, 4) is 0 Å². The number of anilines is 1. The van der Waals surface area contributed by atoms with Gasteiger partial charge < -0.3 is 22.2 Å². The average Bonchev–Trinajstić information content (AvgIpc) is 3.36. The number of fused-ring (bicyclic) bond motifs is 6. The second kappa shape index (κ2) is 12.4. The van der Waals surface area contributed by atoms with Crippen molar-refractivity contribution in [2.75, 3.05) is 19.0 Å². The molecule has 0 N–H and O–H groups in total. The number of likely N-dealkylation sites (N-methyl/N-ethyl adjacent to an activating group) is 1. The lowest BCUT2D eigenvalue weighted by Gasteiger charge is -2.25. The van der Waals surface area contributed by atoms with Gasteiger partial charge in [0.05, 0.1) is 5.41 Å². The largest absolute Gasteiger partial charge is 0.673 e. The summed E-state index contributed by atoms with van der Waals surface area (Å²) in [6, 6.07) is 26.5.